The maximum Gasteiger partial charge on any atom is 0.407 e. The monoisotopic (exact) mass is 339 g/mol. The highest BCUT2D eigenvalue weighted by molar-refractivity contribution is 9.10. The Morgan fingerprint density at radius 1 is 1.11 bits per heavy atom. The summed E-state index contributed by atoms with van der Waals surface area (Å²) < 4.78 is 39.7. The molecule has 0 aliphatic carbocycles. The molecule has 1 atom stereocenters. The Morgan fingerprint density at radius 3 is 2.26 bits per heavy atom. The van der Waals surface area contributed by atoms with E-state index in [1.54, 1.807) is 12.1 Å². The van der Waals surface area contributed by atoms with Gasteiger partial charge in [-0.05, 0) is 43.5 Å². The van der Waals surface area contributed by atoms with Crippen LogP contribution in [0.5, 0.6) is 0 Å². The molecule has 0 aliphatic rings. The molecule has 0 heterocycles. The average Bonchev–Trinajstić information content (AvgIpc) is 2.34. The molecule has 2 N–H and O–H groups in total. The number of nitrogens with one attached hydrogen (secondary N) is 1. The number of hydrogen-bond acceptors (Lipinski definition) is 2. The average molecular weight is 340 g/mol. The summed E-state index contributed by atoms with van der Waals surface area (Å²) in [6, 6.07) is 4.48. The molecule has 0 amide bonds. The number of rotatable bonds is 7. The Morgan fingerprint density at radius 2 is 1.74 bits per heavy atom. The third-order valence-electron chi connectivity index (χ3n) is 2.71. The number of aliphatic hydroxyl groups excluding tert-OH is 1. The van der Waals surface area contributed by atoms with Crippen molar-refractivity contribution in [3.05, 3.63) is 34.3 Å². The van der Waals surface area contributed by atoms with E-state index in [2.05, 4.69) is 21.2 Å². The molecule has 0 radical (unpaired) electrons. The van der Waals surface area contributed by atoms with Gasteiger partial charge in [-0.1, -0.05) is 28.1 Å². The topological polar surface area (TPSA) is 32.3 Å². The first-order chi connectivity index (χ1) is 8.95. The van der Waals surface area contributed by atoms with E-state index in [0.29, 0.717) is 19.3 Å². The Bertz CT molecular complexity index is 367. The summed E-state index contributed by atoms with van der Waals surface area (Å²) in [4.78, 5) is 0. The summed E-state index contributed by atoms with van der Waals surface area (Å²) in [6.45, 7) is 0.357. The van der Waals surface area contributed by atoms with Crippen LogP contribution in [0.4, 0.5) is 13.2 Å². The molecule has 0 bridgehead atoms. The summed E-state index contributed by atoms with van der Waals surface area (Å²) in [7, 11) is 0. The number of benzene rings is 1. The molecule has 0 saturated carbocycles. The van der Waals surface area contributed by atoms with Crippen molar-refractivity contribution in [2.24, 2.45) is 0 Å². The predicted octanol–water partition coefficient (Wildman–Crippen LogP) is 3.80. The summed E-state index contributed by atoms with van der Waals surface area (Å²) in [6.07, 6.45) is -2.36. The van der Waals surface area contributed by atoms with Crippen molar-refractivity contribution in [3.63, 3.8) is 0 Å². The largest absolute Gasteiger partial charge is 0.407 e. The summed E-state index contributed by atoms with van der Waals surface area (Å²) in [5.41, 5.74) is 0.206. The van der Waals surface area contributed by atoms with Gasteiger partial charge in [0.05, 0.1) is 0 Å². The van der Waals surface area contributed by atoms with Crippen molar-refractivity contribution < 1.29 is 18.3 Å². The van der Waals surface area contributed by atoms with Gasteiger partial charge >= 0.3 is 6.18 Å². The lowest BCUT2D eigenvalue weighted by molar-refractivity contribution is -0.157. The molecule has 6 heteroatoms. The molecule has 1 aromatic rings. The second-order valence-electron chi connectivity index (χ2n) is 4.26. The first kappa shape index (κ1) is 16.5. The van der Waals surface area contributed by atoms with Crippen LogP contribution in [0.3, 0.4) is 0 Å². The SMILES string of the molecule is OCCCCCNC(c1ccc(Br)cc1)C(F)(F)F. The molecular weight excluding hydrogens is 323 g/mol. The molecule has 0 aliphatic heterocycles. The van der Waals surface area contributed by atoms with E-state index in [9.17, 15) is 13.2 Å². The zero-order valence-electron chi connectivity index (χ0n) is 10.4. The Kier molecular flexibility index (Phi) is 6.82. The van der Waals surface area contributed by atoms with Gasteiger partial charge in [0.25, 0.3) is 0 Å². The van der Waals surface area contributed by atoms with Crippen LogP contribution in [0.25, 0.3) is 0 Å². The zero-order valence-corrected chi connectivity index (χ0v) is 12.0. The minimum atomic E-state index is -4.31. The fraction of sp³-hybridized carbons (Fsp3) is 0.538. The Labute approximate surface area is 119 Å². The van der Waals surface area contributed by atoms with E-state index in [-0.39, 0.29) is 18.7 Å². The molecular formula is C13H17BrF3NO. The molecule has 1 rings (SSSR count). The molecule has 2 nitrogen and oxygen atoms in total. The lowest BCUT2D eigenvalue weighted by Crippen LogP contribution is -2.34. The van der Waals surface area contributed by atoms with E-state index in [1.165, 1.54) is 12.1 Å². The van der Waals surface area contributed by atoms with Crippen molar-refractivity contribution >= 4 is 15.9 Å². The van der Waals surface area contributed by atoms with Crippen LogP contribution in [0.15, 0.2) is 28.7 Å². The van der Waals surface area contributed by atoms with E-state index in [1.807, 2.05) is 0 Å². The molecule has 0 spiro atoms. The summed E-state index contributed by atoms with van der Waals surface area (Å²) >= 11 is 3.20. The number of hydrogen-bond donors (Lipinski definition) is 2. The second-order valence-corrected chi connectivity index (χ2v) is 5.18. The highest BCUT2D eigenvalue weighted by Crippen LogP contribution is 2.33. The van der Waals surface area contributed by atoms with Gasteiger partial charge in [-0.3, -0.25) is 0 Å². The molecule has 0 fully saturated rings. The maximum absolute atomic E-state index is 13.0. The van der Waals surface area contributed by atoms with E-state index >= 15 is 0 Å². The lowest BCUT2D eigenvalue weighted by Gasteiger charge is -2.22. The predicted molar refractivity (Wildman–Crippen MR) is 71.9 cm³/mol. The third-order valence-corrected chi connectivity index (χ3v) is 3.24. The van der Waals surface area contributed by atoms with Gasteiger partial charge in [-0.25, -0.2) is 0 Å². The Balaban J connectivity index is 2.60. The second kappa shape index (κ2) is 7.87. The van der Waals surface area contributed by atoms with E-state index < -0.39 is 12.2 Å². The van der Waals surface area contributed by atoms with E-state index in [4.69, 9.17) is 5.11 Å². The third kappa shape index (κ3) is 5.93. The van der Waals surface area contributed by atoms with Gasteiger partial charge in [0.15, 0.2) is 0 Å². The van der Waals surface area contributed by atoms with Crippen LogP contribution >= 0.6 is 15.9 Å². The summed E-state index contributed by atoms with van der Waals surface area (Å²) in [5, 5.41) is 11.1. The molecule has 1 unspecified atom stereocenters. The molecule has 0 aromatic heterocycles. The van der Waals surface area contributed by atoms with Gasteiger partial charge in [0, 0.05) is 11.1 Å². The van der Waals surface area contributed by atoms with Gasteiger partial charge in [0.1, 0.15) is 6.04 Å². The quantitative estimate of drug-likeness (QED) is 0.740. The Hall–Kier alpha value is -0.590. The van der Waals surface area contributed by atoms with Crippen LogP contribution in [-0.2, 0) is 0 Å². The van der Waals surface area contributed by atoms with Gasteiger partial charge in [0.2, 0.25) is 0 Å². The number of alkyl halides is 3. The first-order valence-corrected chi connectivity index (χ1v) is 6.91. The number of halogens is 4. The lowest BCUT2D eigenvalue weighted by atomic mass is 10.1. The van der Waals surface area contributed by atoms with Crippen molar-refractivity contribution in [2.75, 3.05) is 13.2 Å². The van der Waals surface area contributed by atoms with Crippen molar-refractivity contribution in [2.45, 2.75) is 31.5 Å². The normalized spacial score (nSPS) is 13.5. The first-order valence-electron chi connectivity index (χ1n) is 6.11. The van der Waals surface area contributed by atoms with Gasteiger partial charge in [-0.2, -0.15) is 13.2 Å². The molecule has 1 aromatic carbocycles. The van der Waals surface area contributed by atoms with Crippen molar-refractivity contribution in [1.82, 2.24) is 5.32 Å². The van der Waals surface area contributed by atoms with Crippen LogP contribution in [0.2, 0.25) is 0 Å². The van der Waals surface area contributed by atoms with Gasteiger partial charge < -0.3 is 10.4 Å². The fourth-order valence-electron chi connectivity index (χ4n) is 1.74. The van der Waals surface area contributed by atoms with Crippen LogP contribution in [0.1, 0.15) is 30.9 Å². The molecule has 19 heavy (non-hydrogen) atoms. The maximum atomic E-state index is 13.0. The van der Waals surface area contributed by atoms with Crippen LogP contribution < -0.4 is 5.32 Å². The van der Waals surface area contributed by atoms with Crippen molar-refractivity contribution in [1.29, 1.82) is 0 Å². The molecule has 108 valence electrons. The standard InChI is InChI=1S/C13H17BrF3NO/c14-11-6-4-10(5-7-11)12(13(15,16)17)18-8-2-1-3-9-19/h4-7,12,18-19H,1-3,8-9H2. The van der Waals surface area contributed by atoms with Crippen LogP contribution in [0, 0.1) is 0 Å². The number of aliphatic hydroxyl groups is 1. The minimum Gasteiger partial charge on any atom is -0.396 e. The fourth-order valence-corrected chi connectivity index (χ4v) is 2.00. The number of unbranched alkanes of at least 4 members (excludes halogenated alkanes) is 2. The summed E-state index contributed by atoms with van der Waals surface area (Å²) in [5.74, 6) is 0. The smallest absolute Gasteiger partial charge is 0.396 e. The highest BCUT2D eigenvalue weighted by atomic mass is 79.9. The van der Waals surface area contributed by atoms with Gasteiger partial charge in [-0.15, -0.1) is 0 Å². The van der Waals surface area contributed by atoms with Crippen LogP contribution in [-0.4, -0.2) is 24.4 Å². The minimum absolute atomic E-state index is 0.0788. The van der Waals surface area contributed by atoms with E-state index in [0.717, 1.165) is 4.47 Å². The highest BCUT2D eigenvalue weighted by Gasteiger charge is 2.40. The van der Waals surface area contributed by atoms with Crippen molar-refractivity contribution in [3.8, 4) is 0 Å². The zero-order chi connectivity index (χ0) is 14.3. The molecule has 0 saturated heterocycles.